The van der Waals surface area contributed by atoms with Crippen molar-refractivity contribution < 1.29 is 9.53 Å². The first-order chi connectivity index (χ1) is 12.3. The van der Waals surface area contributed by atoms with Crippen molar-refractivity contribution in [2.24, 2.45) is 0 Å². The Morgan fingerprint density at radius 2 is 1.72 bits per heavy atom. The molecule has 0 radical (unpaired) electrons. The Kier molecular flexibility index (Phi) is 5.66. The Labute approximate surface area is 146 Å². The van der Waals surface area contributed by atoms with Crippen LogP contribution in [0, 0.1) is 0 Å². The summed E-state index contributed by atoms with van der Waals surface area (Å²) in [6.07, 6.45) is 3.64. The SMILES string of the molecule is O=C(NCCOc1ccccc1)NCc1cnn(-c2ccccc2)c1. The zero-order valence-corrected chi connectivity index (χ0v) is 13.8. The van der Waals surface area contributed by atoms with E-state index in [1.807, 2.05) is 66.9 Å². The Bertz CT molecular complexity index is 787. The molecule has 0 saturated heterocycles. The van der Waals surface area contributed by atoms with E-state index < -0.39 is 0 Å². The van der Waals surface area contributed by atoms with Gasteiger partial charge in [-0.1, -0.05) is 36.4 Å². The molecule has 0 aliphatic rings. The highest BCUT2D eigenvalue weighted by Gasteiger charge is 2.03. The molecule has 0 aliphatic carbocycles. The summed E-state index contributed by atoms with van der Waals surface area (Å²) in [7, 11) is 0. The van der Waals surface area contributed by atoms with Crippen LogP contribution < -0.4 is 15.4 Å². The van der Waals surface area contributed by atoms with Crippen molar-refractivity contribution in [2.45, 2.75) is 6.54 Å². The van der Waals surface area contributed by atoms with E-state index in [9.17, 15) is 4.79 Å². The molecule has 0 fully saturated rings. The van der Waals surface area contributed by atoms with Gasteiger partial charge in [-0.2, -0.15) is 5.10 Å². The first kappa shape index (κ1) is 16.6. The van der Waals surface area contributed by atoms with Gasteiger partial charge in [-0.25, -0.2) is 9.48 Å². The molecule has 2 aromatic carbocycles. The number of amides is 2. The Hall–Kier alpha value is -3.28. The standard InChI is InChI=1S/C19H20N4O2/c24-19(20-11-12-25-18-9-5-2-6-10-18)21-13-16-14-22-23(15-16)17-7-3-1-4-8-17/h1-10,14-15H,11-13H2,(H2,20,21,24). The quantitative estimate of drug-likeness (QED) is 0.652. The second-order valence-corrected chi connectivity index (χ2v) is 5.40. The summed E-state index contributed by atoms with van der Waals surface area (Å²) in [6.45, 7) is 1.27. The summed E-state index contributed by atoms with van der Waals surface area (Å²) in [4.78, 5) is 11.8. The van der Waals surface area contributed by atoms with Crippen molar-refractivity contribution in [3.63, 3.8) is 0 Å². The molecule has 6 nitrogen and oxygen atoms in total. The molecular weight excluding hydrogens is 316 g/mol. The second-order valence-electron chi connectivity index (χ2n) is 5.40. The van der Waals surface area contributed by atoms with Gasteiger partial charge in [0, 0.05) is 18.3 Å². The lowest BCUT2D eigenvalue weighted by atomic mass is 10.3. The number of para-hydroxylation sites is 2. The van der Waals surface area contributed by atoms with E-state index in [1.54, 1.807) is 10.9 Å². The molecule has 0 spiro atoms. The first-order valence-electron chi connectivity index (χ1n) is 8.10. The second kappa shape index (κ2) is 8.54. The molecule has 0 atom stereocenters. The molecule has 2 N–H and O–H groups in total. The normalized spacial score (nSPS) is 10.2. The summed E-state index contributed by atoms with van der Waals surface area (Å²) in [6, 6.07) is 19.1. The Morgan fingerprint density at radius 3 is 2.48 bits per heavy atom. The number of hydrogen-bond acceptors (Lipinski definition) is 3. The number of nitrogens with zero attached hydrogens (tertiary/aromatic N) is 2. The van der Waals surface area contributed by atoms with Crippen LogP contribution >= 0.6 is 0 Å². The van der Waals surface area contributed by atoms with Gasteiger partial charge in [0.25, 0.3) is 0 Å². The summed E-state index contributed by atoms with van der Waals surface area (Å²) in [5.74, 6) is 0.790. The van der Waals surface area contributed by atoms with E-state index in [-0.39, 0.29) is 6.03 Å². The van der Waals surface area contributed by atoms with Crippen LogP contribution in [0.4, 0.5) is 4.79 Å². The molecule has 0 saturated carbocycles. The molecule has 128 valence electrons. The van der Waals surface area contributed by atoms with Crippen LogP contribution in [0.3, 0.4) is 0 Å². The van der Waals surface area contributed by atoms with Gasteiger partial charge in [0.2, 0.25) is 0 Å². The number of hydrogen-bond donors (Lipinski definition) is 2. The molecule has 3 aromatic rings. The number of carbonyl (C=O) groups is 1. The summed E-state index contributed by atoms with van der Waals surface area (Å²) in [5.41, 5.74) is 1.91. The van der Waals surface area contributed by atoms with Crippen molar-refractivity contribution in [1.29, 1.82) is 0 Å². The topological polar surface area (TPSA) is 68.2 Å². The van der Waals surface area contributed by atoms with E-state index in [0.29, 0.717) is 19.7 Å². The van der Waals surface area contributed by atoms with Crippen LogP contribution in [0.2, 0.25) is 0 Å². The van der Waals surface area contributed by atoms with Crippen LogP contribution in [0.15, 0.2) is 73.1 Å². The number of benzene rings is 2. The van der Waals surface area contributed by atoms with Crippen molar-refractivity contribution in [3.8, 4) is 11.4 Å². The van der Waals surface area contributed by atoms with Gasteiger partial charge < -0.3 is 15.4 Å². The zero-order valence-electron chi connectivity index (χ0n) is 13.8. The number of ether oxygens (including phenoxy) is 1. The highest BCUT2D eigenvalue weighted by atomic mass is 16.5. The molecule has 2 amide bonds. The van der Waals surface area contributed by atoms with E-state index in [2.05, 4.69) is 15.7 Å². The maximum Gasteiger partial charge on any atom is 0.315 e. The van der Waals surface area contributed by atoms with Gasteiger partial charge in [-0.3, -0.25) is 0 Å². The van der Waals surface area contributed by atoms with E-state index in [1.165, 1.54) is 0 Å². The van der Waals surface area contributed by atoms with Crippen molar-refractivity contribution in [2.75, 3.05) is 13.2 Å². The third kappa shape index (κ3) is 5.10. The van der Waals surface area contributed by atoms with Crippen LogP contribution in [0.5, 0.6) is 5.75 Å². The van der Waals surface area contributed by atoms with Gasteiger partial charge in [0.05, 0.1) is 18.4 Å². The molecule has 6 heteroatoms. The molecule has 25 heavy (non-hydrogen) atoms. The number of rotatable bonds is 7. The lowest BCUT2D eigenvalue weighted by Gasteiger charge is -2.08. The predicted molar refractivity (Wildman–Crippen MR) is 95.7 cm³/mol. The van der Waals surface area contributed by atoms with Gasteiger partial charge >= 0.3 is 6.03 Å². The van der Waals surface area contributed by atoms with Gasteiger partial charge in [-0.05, 0) is 24.3 Å². The maximum absolute atomic E-state index is 11.8. The van der Waals surface area contributed by atoms with Crippen LogP contribution in [0.25, 0.3) is 5.69 Å². The third-order valence-corrected chi connectivity index (χ3v) is 3.51. The Morgan fingerprint density at radius 1 is 1.00 bits per heavy atom. The summed E-state index contributed by atoms with van der Waals surface area (Å²) in [5, 5.41) is 9.86. The summed E-state index contributed by atoms with van der Waals surface area (Å²) < 4.78 is 7.30. The monoisotopic (exact) mass is 336 g/mol. The third-order valence-electron chi connectivity index (χ3n) is 3.51. The van der Waals surface area contributed by atoms with E-state index in [4.69, 9.17) is 4.74 Å². The van der Waals surface area contributed by atoms with Crippen LogP contribution in [-0.4, -0.2) is 29.0 Å². The van der Waals surface area contributed by atoms with E-state index >= 15 is 0 Å². The summed E-state index contributed by atoms with van der Waals surface area (Å²) >= 11 is 0. The maximum atomic E-state index is 11.8. The minimum absolute atomic E-state index is 0.232. The highest BCUT2D eigenvalue weighted by molar-refractivity contribution is 5.73. The number of carbonyl (C=O) groups excluding carboxylic acids is 1. The van der Waals surface area contributed by atoms with Crippen LogP contribution in [-0.2, 0) is 6.54 Å². The average molecular weight is 336 g/mol. The molecule has 0 unspecified atom stereocenters. The first-order valence-corrected chi connectivity index (χ1v) is 8.10. The minimum Gasteiger partial charge on any atom is -0.492 e. The lowest BCUT2D eigenvalue weighted by molar-refractivity contribution is 0.236. The van der Waals surface area contributed by atoms with Crippen molar-refractivity contribution in [1.82, 2.24) is 20.4 Å². The molecule has 0 bridgehead atoms. The lowest BCUT2D eigenvalue weighted by Crippen LogP contribution is -2.37. The zero-order chi connectivity index (χ0) is 17.3. The van der Waals surface area contributed by atoms with Crippen molar-refractivity contribution in [3.05, 3.63) is 78.6 Å². The van der Waals surface area contributed by atoms with Crippen LogP contribution in [0.1, 0.15) is 5.56 Å². The number of urea groups is 1. The fourth-order valence-electron chi connectivity index (χ4n) is 2.27. The predicted octanol–water partition coefficient (Wildman–Crippen LogP) is 2.75. The van der Waals surface area contributed by atoms with E-state index in [0.717, 1.165) is 17.0 Å². The van der Waals surface area contributed by atoms with Gasteiger partial charge in [-0.15, -0.1) is 0 Å². The molecule has 0 aliphatic heterocycles. The largest absolute Gasteiger partial charge is 0.492 e. The number of aromatic nitrogens is 2. The van der Waals surface area contributed by atoms with Gasteiger partial charge in [0.1, 0.15) is 12.4 Å². The molecule has 1 aromatic heterocycles. The number of nitrogens with one attached hydrogen (secondary N) is 2. The fraction of sp³-hybridized carbons (Fsp3) is 0.158. The highest BCUT2D eigenvalue weighted by Crippen LogP contribution is 2.08. The fourth-order valence-corrected chi connectivity index (χ4v) is 2.27. The molecule has 1 heterocycles. The average Bonchev–Trinajstić information content (AvgIpc) is 3.14. The van der Waals surface area contributed by atoms with Gasteiger partial charge in [0.15, 0.2) is 0 Å². The molecular formula is C19H20N4O2. The minimum atomic E-state index is -0.232. The molecule has 3 rings (SSSR count). The smallest absolute Gasteiger partial charge is 0.315 e. The van der Waals surface area contributed by atoms with Crippen molar-refractivity contribution >= 4 is 6.03 Å². The Balaban J connectivity index is 1.37.